The molecule has 1 atom stereocenters. The molecule has 3 nitrogen and oxygen atoms in total. The molecular weight excluding hydrogens is 233 g/mol. The number of rotatable bonds is 1. The highest BCUT2D eigenvalue weighted by molar-refractivity contribution is 5.95. The maximum atomic E-state index is 13.8. The first-order chi connectivity index (χ1) is 8.50. The SMILES string of the molecule is Cc1cc(C(=O)N2CCCCC2C)c(F)cc1O. The summed E-state index contributed by atoms with van der Waals surface area (Å²) in [6, 6.07) is 2.59. The number of benzene rings is 1. The molecule has 0 bridgehead atoms. The predicted molar refractivity (Wildman–Crippen MR) is 67.2 cm³/mol. The van der Waals surface area contributed by atoms with Crippen molar-refractivity contribution in [3.05, 3.63) is 29.1 Å². The molecule has 0 spiro atoms. The van der Waals surface area contributed by atoms with Gasteiger partial charge in [0.1, 0.15) is 11.6 Å². The summed E-state index contributed by atoms with van der Waals surface area (Å²) in [5.74, 6) is -1.04. The normalized spacial score (nSPS) is 19.9. The van der Waals surface area contributed by atoms with Gasteiger partial charge in [0.15, 0.2) is 0 Å². The van der Waals surface area contributed by atoms with E-state index in [0.717, 1.165) is 25.3 Å². The molecule has 1 heterocycles. The molecule has 1 fully saturated rings. The van der Waals surface area contributed by atoms with Crippen molar-refractivity contribution in [1.29, 1.82) is 0 Å². The monoisotopic (exact) mass is 251 g/mol. The molecular formula is C14H18FNO2. The highest BCUT2D eigenvalue weighted by Gasteiger charge is 2.26. The standard InChI is InChI=1S/C14H18FNO2/c1-9-7-11(12(15)8-13(9)17)14(18)16-6-4-3-5-10(16)2/h7-8,10,17H,3-6H2,1-2H3. The molecule has 0 radical (unpaired) electrons. The Labute approximate surface area is 106 Å². The summed E-state index contributed by atoms with van der Waals surface area (Å²) in [6.45, 7) is 4.33. The van der Waals surface area contributed by atoms with E-state index < -0.39 is 5.82 Å². The lowest BCUT2D eigenvalue weighted by Crippen LogP contribution is -2.42. The number of nitrogens with zero attached hydrogens (tertiary/aromatic N) is 1. The van der Waals surface area contributed by atoms with Gasteiger partial charge in [0.25, 0.3) is 5.91 Å². The Morgan fingerprint density at radius 1 is 1.44 bits per heavy atom. The lowest BCUT2D eigenvalue weighted by atomic mass is 10.0. The predicted octanol–water partition coefficient (Wildman–Crippen LogP) is 2.85. The molecule has 0 aliphatic carbocycles. The summed E-state index contributed by atoms with van der Waals surface area (Å²) >= 11 is 0. The number of likely N-dealkylation sites (tertiary alicyclic amines) is 1. The van der Waals surface area contributed by atoms with E-state index in [1.807, 2.05) is 6.92 Å². The van der Waals surface area contributed by atoms with E-state index in [9.17, 15) is 14.3 Å². The number of phenolic OH excluding ortho intramolecular Hbond substituents is 1. The van der Waals surface area contributed by atoms with Crippen LogP contribution in [0.5, 0.6) is 5.75 Å². The van der Waals surface area contributed by atoms with Gasteiger partial charge in [-0.2, -0.15) is 0 Å². The van der Waals surface area contributed by atoms with Crippen LogP contribution in [0.3, 0.4) is 0 Å². The second-order valence-electron chi connectivity index (χ2n) is 4.96. The van der Waals surface area contributed by atoms with Gasteiger partial charge in [-0.05, 0) is 44.7 Å². The van der Waals surface area contributed by atoms with Crippen LogP contribution >= 0.6 is 0 Å². The highest BCUT2D eigenvalue weighted by Crippen LogP contribution is 2.24. The fourth-order valence-electron chi connectivity index (χ4n) is 2.39. The fourth-order valence-corrected chi connectivity index (χ4v) is 2.39. The van der Waals surface area contributed by atoms with Gasteiger partial charge in [-0.25, -0.2) is 4.39 Å². The van der Waals surface area contributed by atoms with E-state index in [1.54, 1.807) is 11.8 Å². The van der Waals surface area contributed by atoms with E-state index in [4.69, 9.17) is 0 Å². The molecule has 1 saturated heterocycles. The summed E-state index contributed by atoms with van der Waals surface area (Å²) in [4.78, 5) is 14.0. The molecule has 1 N–H and O–H groups in total. The van der Waals surface area contributed by atoms with E-state index in [1.165, 1.54) is 6.07 Å². The number of aryl methyl sites for hydroxylation is 1. The van der Waals surface area contributed by atoms with Gasteiger partial charge in [0.2, 0.25) is 0 Å². The fraction of sp³-hybridized carbons (Fsp3) is 0.500. The first kappa shape index (κ1) is 12.9. The number of piperidine rings is 1. The van der Waals surface area contributed by atoms with Gasteiger partial charge >= 0.3 is 0 Å². The molecule has 0 aromatic heterocycles. The summed E-state index contributed by atoms with van der Waals surface area (Å²) < 4.78 is 13.8. The van der Waals surface area contributed by atoms with Crippen molar-refractivity contribution in [2.45, 2.75) is 39.2 Å². The number of phenols is 1. The van der Waals surface area contributed by atoms with E-state index in [2.05, 4.69) is 0 Å². The number of hydrogen-bond donors (Lipinski definition) is 1. The summed E-state index contributed by atoms with van der Waals surface area (Å²) in [5.41, 5.74) is 0.573. The highest BCUT2D eigenvalue weighted by atomic mass is 19.1. The topological polar surface area (TPSA) is 40.5 Å². The molecule has 98 valence electrons. The molecule has 18 heavy (non-hydrogen) atoms. The van der Waals surface area contributed by atoms with Gasteiger partial charge in [-0.3, -0.25) is 4.79 Å². The van der Waals surface area contributed by atoms with Gasteiger partial charge in [-0.1, -0.05) is 0 Å². The van der Waals surface area contributed by atoms with Crippen LogP contribution in [0.25, 0.3) is 0 Å². The molecule has 1 aliphatic heterocycles. The summed E-state index contributed by atoms with van der Waals surface area (Å²) in [5, 5.41) is 9.40. The number of carbonyl (C=O) groups excluding carboxylic acids is 1. The first-order valence-corrected chi connectivity index (χ1v) is 6.31. The van der Waals surface area contributed by atoms with Crippen LogP contribution in [0.1, 0.15) is 42.1 Å². The zero-order valence-corrected chi connectivity index (χ0v) is 10.7. The Bertz CT molecular complexity index is 473. The van der Waals surface area contributed by atoms with Crippen LogP contribution in [0.2, 0.25) is 0 Å². The first-order valence-electron chi connectivity index (χ1n) is 6.31. The Morgan fingerprint density at radius 3 is 2.83 bits per heavy atom. The largest absolute Gasteiger partial charge is 0.508 e. The maximum Gasteiger partial charge on any atom is 0.257 e. The molecule has 1 amide bonds. The van der Waals surface area contributed by atoms with E-state index in [0.29, 0.717) is 12.1 Å². The Kier molecular flexibility index (Phi) is 3.55. The maximum absolute atomic E-state index is 13.8. The second kappa shape index (κ2) is 4.96. The molecule has 0 saturated carbocycles. The van der Waals surface area contributed by atoms with Gasteiger partial charge in [0, 0.05) is 18.7 Å². The van der Waals surface area contributed by atoms with Crippen molar-refractivity contribution in [3.8, 4) is 5.75 Å². The summed E-state index contributed by atoms with van der Waals surface area (Å²) in [6.07, 6.45) is 3.04. The molecule has 1 aromatic carbocycles. The van der Waals surface area contributed by atoms with Crippen LogP contribution in [-0.4, -0.2) is 28.5 Å². The van der Waals surface area contributed by atoms with Crippen LogP contribution in [0, 0.1) is 12.7 Å². The average Bonchev–Trinajstić information content (AvgIpc) is 2.33. The molecule has 4 heteroatoms. The average molecular weight is 251 g/mol. The lowest BCUT2D eigenvalue weighted by Gasteiger charge is -2.33. The Morgan fingerprint density at radius 2 is 2.17 bits per heavy atom. The van der Waals surface area contributed by atoms with Crippen molar-refractivity contribution in [1.82, 2.24) is 4.90 Å². The van der Waals surface area contributed by atoms with E-state index in [-0.39, 0.29) is 23.3 Å². The van der Waals surface area contributed by atoms with Crippen molar-refractivity contribution in [2.75, 3.05) is 6.54 Å². The zero-order valence-electron chi connectivity index (χ0n) is 10.7. The molecule has 2 rings (SSSR count). The van der Waals surface area contributed by atoms with Crippen LogP contribution in [0.15, 0.2) is 12.1 Å². The third kappa shape index (κ3) is 2.33. The van der Waals surface area contributed by atoms with Crippen molar-refractivity contribution in [2.24, 2.45) is 0 Å². The summed E-state index contributed by atoms with van der Waals surface area (Å²) in [7, 11) is 0. The van der Waals surface area contributed by atoms with Crippen molar-refractivity contribution >= 4 is 5.91 Å². The Hall–Kier alpha value is -1.58. The number of amides is 1. The minimum atomic E-state index is -0.652. The molecule has 1 aromatic rings. The minimum Gasteiger partial charge on any atom is -0.508 e. The number of halogens is 1. The van der Waals surface area contributed by atoms with Crippen LogP contribution < -0.4 is 0 Å². The lowest BCUT2D eigenvalue weighted by molar-refractivity contribution is 0.0630. The van der Waals surface area contributed by atoms with Crippen molar-refractivity contribution < 1.29 is 14.3 Å². The number of aromatic hydroxyl groups is 1. The van der Waals surface area contributed by atoms with Gasteiger partial charge < -0.3 is 10.0 Å². The van der Waals surface area contributed by atoms with Crippen molar-refractivity contribution in [3.63, 3.8) is 0 Å². The molecule has 1 aliphatic rings. The van der Waals surface area contributed by atoms with E-state index >= 15 is 0 Å². The smallest absolute Gasteiger partial charge is 0.257 e. The number of carbonyl (C=O) groups is 1. The van der Waals surface area contributed by atoms with Gasteiger partial charge in [-0.15, -0.1) is 0 Å². The quantitative estimate of drug-likeness (QED) is 0.833. The Balaban J connectivity index is 2.30. The zero-order chi connectivity index (χ0) is 13.3. The minimum absolute atomic E-state index is 0.0547. The number of hydrogen-bond acceptors (Lipinski definition) is 2. The third-order valence-corrected chi connectivity index (χ3v) is 3.58. The van der Waals surface area contributed by atoms with Gasteiger partial charge in [0.05, 0.1) is 5.56 Å². The second-order valence-corrected chi connectivity index (χ2v) is 4.96. The van der Waals surface area contributed by atoms with Crippen LogP contribution in [0.4, 0.5) is 4.39 Å². The molecule has 1 unspecified atom stereocenters. The van der Waals surface area contributed by atoms with Crippen LogP contribution in [-0.2, 0) is 0 Å². The third-order valence-electron chi connectivity index (χ3n) is 3.58.